The van der Waals surface area contributed by atoms with Gasteiger partial charge in [-0.2, -0.15) is 18.2 Å². The Balaban J connectivity index is 2.07. The van der Waals surface area contributed by atoms with Crippen LogP contribution in [-0.2, 0) is 17.5 Å². The molecule has 0 aliphatic heterocycles. The average molecular weight is 416 g/mol. The van der Waals surface area contributed by atoms with E-state index in [-0.39, 0.29) is 12.5 Å². The Morgan fingerprint density at radius 3 is 1.87 bits per heavy atom. The highest BCUT2D eigenvalue weighted by molar-refractivity contribution is 5.92. The maximum Gasteiger partial charge on any atom is 0.416 e. The van der Waals surface area contributed by atoms with E-state index < -0.39 is 17.6 Å². The fourth-order valence-electron chi connectivity index (χ4n) is 3.05. The Hall–Kier alpha value is -3.75. The summed E-state index contributed by atoms with van der Waals surface area (Å²) in [6.45, 7) is -0.192. The molecule has 0 fully saturated rings. The second-order valence-corrected chi connectivity index (χ2v) is 6.42. The van der Waals surface area contributed by atoms with Crippen LogP contribution in [0.4, 0.5) is 13.2 Å². The van der Waals surface area contributed by atoms with E-state index in [0.717, 1.165) is 17.7 Å². The maximum atomic E-state index is 12.9. The molecule has 0 saturated heterocycles. The number of alkyl halides is 3. The summed E-state index contributed by atoms with van der Waals surface area (Å²) in [5.41, 5.74) is 12.3. The number of guanidine groups is 1. The zero-order chi connectivity index (χ0) is 21.9. The van der Waals surface area contributed by atoms with Gasteiger partial charge in [-0.05, 0) is 59.7 Å². The number of hydrogen-bond acceptors (Lipinski definition) is 2. The third-order valence-corrected chi connectivity index (χ3v) is 4.42. The van der Waals surface area contributed by atoms with Gasteiger partial charge in [-0.3, -0.25) is 4.79 Å². The fraction of sp³-hybridized carbons (Fsp3) is 0.143. The monoisotopic (exact) mass is 416 g/mol. The van der Waals surface area contributed by atoms with Crippen LogP contribution < -0.4 is 16.2 Å². The minimum atomic E-state index is -4.43. The predicted molar refractivity (Wildman–Crippen MR) is 108 cm³/mol. The van der Waals surface area contributed by atoms with Gasteiger partial charge in [0.1, 0.15) is 12.3 Å². The van der Waals surface area contributed by atoms with Crippen molar-refractivity contribution in [2.24, 2.45) is 16.5 Å². The summed E-state index contributed by atoms with van der Waals surface area (Å²) < 4.78 is 45.5. The number of halogens is 3. The Kier molecular flexibility index (Phi) is 5.81. The number of carbonyl (C=O) groups is 1. The van der Waals surface area contributed by atoms with Crippen molar-refractivity contribution in [1.82, 2.24) is 4.57 Å². The molecule has 0 unspecified atom stereocenters. The molecular formula is C21H19F3N4O2. The molecule has 0 spiro atoms. The topological polar surface area (TPSA) is 95.6 Å². The SMILES string of the molecule is COc1ccc(-c2ccc(-c3ccc(C(F)(F)F)cc3)n2CC(=O)N=C(N)N)cc1. The fourth-order valence-corrected chi connectivity index (χ4v) is 3.05. The van der Waals surface area contributed by atoms with Gasteiger partial charge in [-0.15, -0.1) is 0 Å². The van der Waals surface area contributed by atoms with Crippen LogP contribution in [0, 0.1) is 0 Å². The molecule has 0 radical (unpaired) electrons. The molecule has 0 bridgehead atoms. The quantitative estimate of drug-likeness (QED) is 0.490. The van der Waals surface area contributed by atoms with Crippen LogP contribution in [0.3, 0.4) is 0 Å². The van der Waals surface area contributed by atoms with E-state index >= 15 is 0 Å². The largest absolute Gasteiger partial charge is 0.497 e. The zero-order valence-electron chi connectivity index (χ0n) is 16.0. The molecule has 0 aliphatic rings. The minimum absolute atomic E-state index is 0.192. The molecule has 3 rings (SSSR count). The van der Waals surface area contributed by atoms with Crippen molar-refractivity contribution in [2.75, 3.05) is 7.11 Å². The van der Waals surface area contributed by atoms with Crippen molar-refractivity contribution >= 4 is 11.9 Å². The van der Waals surface area contributed by atoms with E-state index in [4.69, 9.17) is 16.2 Å². The van der Waals surface area contributed by atoms with Crippen LogP contribution in [0.1, 0.15) is 5.56 Å². The Bertz CT molecular complexity index is 1070. The second kappa shape index (κ2) is 8.32. The standard InChI is InChI=1S/C21H19F3N4O2/c1-30-16-8-4-14(5-9-16)18-11-10-17(28(18)12-19(29)27-20(25)26)13-2-6-15(7-3-13)21(22,23)24/h2-11H,12H2,1H3,(H4,25,26,27,29). The predicted octanol–water partition coefficient (Wildman–Crippen LogP) is 3.65. The summed E-state index contributed by atoms with van der Waals surface area (Å²) in [5, 5.41) is 0. The van der Waals surface area contributed by atoms with E-state index in [9.17, 15) is 18.0 Å². The number of aliphatic imine (C=N–C) groups is 1. The summed E-state index contributed by atoms with van der Waals surface area (Å²) in [6, 6.07) is 15.4. The van der Waals surface area contributed by atoms with Gasteiger partial charge in [0.15, 0.2) is 5.96 Å². The third-order valence-electron chi connectivity index (χ3n) is 4.42. The molecule has 1 heterocycles. The molecule has 156 valence electrons. The Morgan fingerprint density at radius 1 is 0.933 bits per heavy atom. The lowest BCUT2D eigenvalue weighted by atomic mass is 10.1. The van der Waals surface area contributed by atoms with Crippen molar-refractivity contribution in [1.29, 1.82) is 0 Å². The van der Waals surface area contributed by atoms with Gasteiger partial charge in [0.25, 0.3) is 5.91 Å². The number of nitrogens with two attached hydrogens (primary N) is 2. The van der Waals surface area contributed by atoms with Gasteiger partial charge >= 0.3 is 6.18 Å². The van der Waals surface area contributed by atoms with Crippen LogP contribution >= 0.6 is 0 Å². The van der Waals surface area contributed by atoms with Gasteiger partial charge in [0.2, 0.25) is 0 Å². The first-order chi connectivity index (χ1) is 14.2. The summed E-state index contributed by atoms with van der Waals surface area (Å²) in [4.78, 5) is 15.8. The zero-order valence-corrected chi connectivity index (χ0v) is 16.0. The number of hydrogen-bond donors (Lipinski definition) is 2. The lowest BCUT2D eigenvalue weighted by Crippen LogP contribution is -2.25. The van der Waals surface area contributed by atoms with Crippen molar-refractivity contribution in [2.45, 2.75) is 12.7 Å². The van der Waals surface area contributed by atoms with Gasteiger partial charge in [-0.1, -0.05) is 12.1 Å². The van der Waals surface area contributed by atoms with Gasteiger partial charge in [0.05, 0.1) is 12.7 Å². The number of methoxy groups -OCH3 is 1. The lowest BCUT2D eigenvalue weighted by molar-refractivity contribution is -0.137. The molecule has 2 aromatic carbocycles. The van der Waals surface area contributed by atoms with Crippen molar-refractivity contribution in [3.05, 3.63) is 66.2 Å². The molecule has 1 amide bonds. The van der Waals surface area contributed by atoms with E-state index in [1.54, 1.807) is 35.9 Å². The minimum Gasteiger partial charge on any atom is -0.497 e. The smallest absolute Gasteiger partial charge is 0.416 e. The van der Waals surface area contributed by atoms with E-state index in [2.05, 4.69) is 4.99 Å². The number of aromatic nitrogens is 1. The van der Waals surface area contributed by atoms with Crippen LogP contribution in [-0.4, -0.2) is 23.5 Å². The normalized spacial score (nSPS) is 11.2. The third kappa shape index (κ3) is 4.62. The molecule has 9 heteroatoms. The summed E-state index contributed by atoms with van der Waals surface area (Å²) >= 11 is 0. The molecule has 30 heavy (non-hydrogen) atoms. The van der Waals surface area contributed by atoms with Crippen LogP contribution in [0.25, 0.3) is 22.5 Å². The molecular weight excluding hydrogens is 397 g/mol. The number of benzene rings is 2. The average Bonchev–Trinajstić information content (AvgIpc) is 3.10. The Morgan fingerprint density at radius 2 is 1.43 bits per heavy atom. The van der Waals surface area contributed by atoms with Gasteiger partial charge in [0, 0.05) is 11.4 Å². The first-order valence-corrected chi connectivity index (χ1v) is 8.83. The molecule has 0 saturated carbocycles. The highest BCUT2D eigenvalue weighted by Crippen LogP contribution is 2.33. The van der Waals surface area contributed by atoms with Gasteiger partial charge < -0.3 is 20.8 Å². The number of ether oxygens (including phenoxy) is 1. The highest BCUT2D eigenvalue weighted by Gasteiger charge is 2.30. The first-order valence-electron chi connectivity index (χ1n) is 8.83. The molecule has 0 aliphatic carbocycles. The van der Waals surface area contributed by atoms with E-state index in [1.165, 1.54) is 12.1 Å². The van der Waals surface area contributed by atoms with Crippen LogP contribution in [0.5, 0.6) is 5.75 Å². The van der Waals surface area contributed by atoms with Crippen LogP contribution in [0.2, 0.25) is 0 Å². The highest BCUT2D eigenvalue weighted by atomic mass is 19.4. The molecule has 0 atom stereocenters. The van der Waals surface area contributed by atoms with Gasteiger partial charge in [-0.25, -0.2) is 0 Å². The van der Waals surface area contributed by atoms with E-state index in [0.29, 0.717) is 22.7 Å². The van der Waals surface area contributed by atoms with Crippen LogP contribution in [0.15, 0.2) is 65.7 Å². The number of nitrogens with zero attached hydrogens (tertiary/aromatic N) is 2. The molecule has 4 N–H and O–H groups in total. The number of rotatable bonds is 5. The Labute approximate surface area is 170 Å². The summed E-state index contributed by atoms with van der Waals surface area (Å²) in [7, 11) is 1.55. The second-order valence-electron chi connectivity index (χ2n) is 6.42. The summed E-state index contributed by atoms with van der Waals surface area (Å²) in [5.74, 6) is -0.292. The molecule has 1 aromatic heterocycles. The molecule has 3 aromatic rings. The number of carbonyl (C=O) groups excluding carboxylic acids is 1. The molecule has 6 nitrogen and oxygen atoms in total. The van der Waals surface area contributed by atoms with Crippen molar-refractivity contribution < 1.29 is 22.7 Å². The van der Waals surface area contributed by atoms with Crippen molar-refractivity contribution in [3.8, 4) is 28.3 Å². The lowest BCUT2D eigenvalue weighted by Gasteiger charge is -2.14. The number of amides is 1. The summed E-state index contributed by atoms with van der Waals surface area (Å²) in [6.07, 6.45) is -4.43. The maximum absolute atomic E-state index is 12.9. The first kappa shape index (κ1) is 21.0. The van der Waals surface area contributed by atoms with Crippen molar-refractivity contribution in [3.63, 3.8) is 0 Å². The van der Waals surface area contributed by atoms with E-state index in [1.807, 2.05) is 12.1 Å².